The Balaban J connectivity index is 1.76. The summed E-state index contributed by atoms with van der Waals surface area (Å²) in [6, 6.07) is 9.83. The molecule has 4 rings (SSSR count). The maximum absolute atomic E-state index is 12.1. The third-order valence-corrected chi connectivity index (χ3v) is 5.32. The van der Waals surface area contributed by atoms with Crippen molar-refractivity contribution in [2.75, 3.05) is 43.4 Å². The molecule has 0 atom stereocenters. The van der Waals surface area contributed by atoms with Crippen LogP contribution in [0.5, 0.6) is 0 Å². The first-order valence-corrected chi connectivity index (χ1v) is 10.4. The number of nitrogens with one attached hydrogen (secondary N) is 2. The zero-order valence-electron chi connectivity index (χ0n) is 18.4. The number of benzene rings is 1. The lowest BCUT2D eigenvalue weighted by molar-refractivity contribution is -0.383. The number of aromatic amines is 1. The molecular formula is C22H26N8O2. The molecule has 1 aliphatic rings. The lowest BCUT2D eigenvalue weighted by atomic mass is 10.1. The van der Waals surface area contributed by atoms with Crippen LogP contribution in [-0.2, 0) is 0 Å². The van der Waals surface area contributed by atoms with Crippen molar-refractivity contribution >= 4 is 35.3 Å². The number of nitro groups is 1. The molecule has 2 N–H and O–H groups in total. The molecule has 0 spiro atoms. The predicted molar refractivity (Wildman–Crippen MR) is 125 cm³/mol. The van der Waals surface area contributed by atoms with Gasteiger partial charge in [0.2, 0.25) is 11.6 Å². The van der Waals surface area contributed by atoms with Crippen LogP contribution in [-0.4, -0.2) is 63.2 Å². The normalized spacial score (nSPS) is 14.8. The van der Waals surface area contributed by atoms with E-state index >= 15 is 0 Å². The Bertz CT molecular complexity index is 1130. The summed E-state index contributed by atoms with van der Waals surface area (Å²) >= 11 is 0. The van der Waals surface area contributed by atoms with Crippen LogP contribution in [0.4, 0.5) is 23.1 Å². The van der Waals surface area contributed by atoms with E-state index in [1.165, 1.54) is 5.56 Å². The molecular weight excluding hydrogens is 408 g/mol. The van der Waals surface area contributed by atoms with Crippen molar-refractivity contribution in [3.63, 3.8) is 0 Å². The number of aromatic nitrogens is 4. The number of likely N-dealkylation sites (N-methyl/N-ethyl adjacent to an activating group) is 1. The lowest BCUT2D eigenvalue weighted by Gasteiger charge is -2.33. The topological polar surface area (TPSA) is 116 Å². The van der Waals surface area contributed by atoms with E-state index in [-0.39, 0.29) is 11.5 Å². The summed E-state index contributed by atoms with van der Waals surface area (Å²) in [6.07, 6.45) is 3.67. The average Bonchev–Trinajstić information content (AvgIpc) is 3.18. The second kappa shape index (κ2) is 9.15. The van der Waals surface area contributed by atoms with Crippen LogP contribution in [0.2, 0.25) is 0 Å². The van der Waals surface area contributed by atoms with Gasteiger partial charge in [-0.1, -0.05) is 35.9 Å². The third-order valence-electron chi connectivity index (χ3n) is 5.32. The first kappa shape index (κ1) is 21.4. The molecule has 0 saturated carbocycles. The molecule has 1 saturated heterocycles. The fourth-order valence-electron chi connectivity index (χ4n) is 3.48. The minimum absolute atomic E-state index is 0.119. The fraction of sp³-hybridized carbons (Fsp3) is 0.318. The van der Waals surface area contributed by atoms with Gasteiger partial charge in [-0.3, -0.25) is 15.2 Å². The molecule has 0 aliphatic carbocycles. The van der Waals surface area contributed by atoms with E-state index in [2.05, 4.69) is 30.4 Å². The highest BCUT2D eigenvalue weighted by atomic mass is 16.6. The van der Waals surface area contributed by atoms with Gasteiger partial charge in [-0.05, 0) is 32.5 Å². The van der Waals surface area contributed by atoms with E-state index < -0.39 is 4.92 Å². The van der Waals surface area contributed by atoms with Crippen molar-refractivity contribution in [2.45, 2.75) is 13.8 Å². The van der Waals surface area contributed by atoms with E-state index in [1.54, 1.807) is 12.1 Å². The van der Waals surface area contributed by atoms with Crippen molar-refractivity contribution < 1.29 is 4.92 Å². The summed E-state index contributed by atoms with van der Waals surface area (Å²) in [6.45, 7) is 6.79. The minimum atomic E-state index is -0.428. The third kappa shape index (κ3) is 4.92. The van der Waals surface area contributed by atoms with Crippen LogP contribution >= 0.6 is 0 Å². The summed E-state index contributed by atoms with van der Waals surface area (Å²) in [7, 11) is 2.04. The van der Waals surface area contributed by atoms with Gasteiger partial charge in [-0.2, -0.15) is 5.10 Å². The summed E-state index contributed by atoms with van der Waals surface area (Å²) in [5.74, 6) is 1.28. The van der Waals surface area contributed by atoms with Crippen LogP contribution in [0.1, 0.15) is 22.6 Å². The number of piperazine rings is 1. The van der Waals surface area contributed by atoms with Gasteiger partial charge in [-0.25, -0.2) is 9.97 Å². The number of anilines is 3. The number of rotatable bonds is 6. The van der Waals surface area contributed by atoms with Crippen molar-refractivity contribution in [3.05, 3.63) is 63.1 Å². The number of hydrogen-bond donors (Lipinski definition) is 2. The van der Waals surface area contributed by atoms with Gasteiger partial charge in [0.1, 0.15) is 0 Å². The van der Waals surface area contributed by atoms with Gasteiger partial charge in [0.05, 0.1) is 4.92 Å². The van der Waals surface area contributed by atoms with E-state index in [0.29, 0.717) is 30.5 Å². The largest absolute Gasteiger partial charge is 0.353 e. The van der Waals surface area contributed by atoms with Gasteiger partial charge < -0.3 is 15.1 Å². The SMILES string of the molecule is Cc1ccc(C=Cc2nc(Nc3cc(C)[nH]n3)c([N+](=O)[O-])c(N3CCN(C)CC3)n2)cc1. The molecule has 0 unspecified atom stereocenters. The van der Waals surface area contributed by atoms with Crippen molar-refractivity contribution in [1.29, 1.82) is 0 Å². The molecule has 0 bridgehead atoms. The average molecular weight is 435 g/mol. The Labute approximate surface area is 186 Å². The lowest BCUT2D eigenvalue weighted by Crippen LogP contribution is -2.45. The highest BCUT2D eigenvalue weighted by Gasteiger charge is 2.30. The number of aryl methyl sites for hydroxylation is 2. The summed E-state index contributed by atoms with van der Waals surface area (Å²) in [4.78, 5) is 24.8. The van der Waals surface area contributed by atoms with Crippen LogP contribution in [0.3, 0.4) is 0 Å². The molecule has 3 aromatic rings. The number of H-pyrrole nitrogens is 1. The molecule has 2 aromatic heterocycles. The summed E-state index contributed by atoms with van der Waals surface area (Å²) in [5.41, 5.74) is 2.86. The molecule has 10 nitrogen and oxygen atoms in total. The van der Waals surface area contributed by atoms with Gasteiger partial charge in [-0.15, -0.1) is 0 Å². The maximum atomic E-state index is 12.1. The van der Waals surface area contributed by atoms with E-state index in [0.717, 1.165) is 24.3 Å². The van der Waals surface area contributed by atoms with E-state index in [1.807, 2.05) is 56.1 Å². The summed E-state index contributed by atoms with van der Waals surface area (Å²) in [5, 5.41) is 22.0. The molecule has 0 radical (unpaired) electrons. The molecule has 1 aliphatic heterocycles. The molecule has 1 fully saturated rings. The summed E-state index contributed by atoms with van der Waals surface area (Å²) < 4.78 is 0. The Morgan fingerprint density at radius 3 is 2.44 bits per heavy atom. The van der Waals surface area contributed by atoms with E-state index in [9.17, 15) is 10.1 Å². The van der Waals surface area contributed by atoms with Gasteiger partial charge in [0, 0.05) is 37.9 Å². The molecule has 10 heteroatoms. The monoisotopic (exact) mass is 434 g/mol. The van der Waals surface area contributed by atoms with Crippen LogP contribution in [0.15, 0.2) is 30.3 Å². The van der Waals surface area contributed by atoms with Crippen molar-refractivity contribution in [2.24, 2.45) is 0 Å². The molecule has 1 aromatic carbocycles. The Hall–Kier alpha value is -3.79. The Morgan fingerprint density at radius 2 is 1.81 bits per heavy atom. The predicted octanol–water partition coefficient (Wildman–Crippen LogP) is 3.39. The van der Waals surface area contributed by atoms with E-state index in [4.69, 9.17) is 0 Å². The standard InChI is InChI=1S/C22H26N8O2/c1-15-4-6-17(7-5-15)8-9-18-23-21(24-19-14-16(2)26-27-19)20(30(31)32)22(25-18)29-12-10-28(3)11-13-29/h4-9,14H,10-13H2,1-3H3,(H2,23,24,25,26,27). The molecule has 32 heavy (non-hydrogen) atoms. The highest BCUT2D eigenvalue weighted by Crippen LogP contribution is 2.35. The second-order valence-electron chi connectivity index (χ2n) is 7.96. The zero-order chi connectivity index (χ0) is 22.7. The quantitative estimate of drug-likeness (QED) is 0.448. The number of hydrogen-bond acceptors (Lipinski definition) is 8. The molecule has 3 heterocycles. The van der Waals surface area contributed by atoms with Gasteiger partial charge >= 0.3 is 5.69 Å². The molecule has 0 amide bonds. The van der Waals surface area contributed by atoms with Crippen molar-refractivity contribution in [3.8, 4) is 0 Å². The first-order valence-electron chi connectivity index (χ1n) is 10.4. The van der Waals surface area contributed by atoms with Crippen molar-refractivity contribution in [1.82, 2.24) is 25.1 Å². The first-order chi connectivity index (χ1) is 15.4. The van der Waals surface area contributed by atoms with Crippen LogP contribution in [0.25, 0.3) is 12.2 Å². The maximum Gasteiger partial charge on any atom is 0.353 e. The second-order valence-corrected chi connectivity index (χ2v) is 7.96. The zero-order valence-corrected chi connectivity index (χ0v) is 18.4. The highest BCUT2D eigenvalue weighted by molar-refractivity contribution is 5.77. The van der Waals surface area contributed by atoms with Gasteiger partial charge in [0.15, 0.2) is 11.6 Å². The smallest absolute Gasteiger partial charge is 0.348 e. The number of nitrogens with zero attached hydrogens (tertiary/aromatic N) is 6. The van der Waals surface area contributed by atoms with Crippen LogP contribution < -0.4 is 10.2 Å². The minimum Gasteiger partial charge on any atom is -0.348 e. The van der Waals surface area contributed by atoms with Crippen LogP contribution in [0, 0.1) is 24.0 Å². The fourth-order valence-corrected chi connectivity index (χ4v) is 3.48. The molecule has 166 valence electrons. The van der Waals surface area contributed by atoms with Gasteiger partial charge in [0.25, 0.3) is 0 Å². The Kier molecular flexibility index (Phi) is 6.13. The Morgan fingerprint density at radius 1 is 1.09 bits per heavy atom.